The van der Waals surface area contributed by atoms with Crippen LogP contribution in [0.15, 0.2) is 12.1 Å². The molecule has 0 aromatic heterocycles. The van der Waals surface area contributed by atoms with Gasteiger partial charge in [-0.3, -0.25) is 4.79 Å². The van der Waals surface area contributed by atoms with E-state index in [0.717, 1.165) is 11.1 Å². The van der Waals surface area contributed by atoms with E-state index in [1.54, 1.807) is 13.0 Å². The molecule has 0 aliphatic rings. The van der Waals surface area contributed by atoms with Crippen molar-refractivity contribution in [2.45, 2.75) is 20.3 Å². The first kappa shape index (κ1) is 11.9. The fourth-order valence-corrected chi connectivity index (χ4v) is 1.60. The molecule has 0 radical (unpaired) electrons. The minimum absolute atomic E-state index is 0.231. The zero-order chi connectivity index (χ0) is 11.4. The van der Waals surface area contributed by atoms with Gasteiger partial charge in [-0.05, 0) is 31.0 Å². The fourth-order valence-electron chi connectivity index (χ4n) is 1.31. The van der Waals surface area contributed by atoms with E-state index in [9.17, 15) is 4.79 Å². The summed E-state index contributed by atoms with van der Waals surface area (Å²) in [6.45, 7) is 4.02. The van der Waals surface area contributed by atoms with Gasteiger partial charge in [0, 0.05) is 0 Å². The molecule has 82 valence electrons. The van der Waals surface area contributed by atoms with Crippen LogP contribution in [-0.2, 0) is 16.0 Å². The normalized spacial score (nSPS) is 10.1. The third-order valence-corrected chi connectivity index (χ3v) is 2.36. The van der Waals surface area contributed by atoms with E-state index in [1.807, 2.05) is 13.0 Å². The van der Waals surface area contributed by atoms with E-state index in [4.69, 9.17) is 22.1 Å². The van der Waals surface area contributed by atoms with E-state index in [-0.39, 0.29) is 12.4 Å². The lowest BCUT2D eigenvalue weighted by Crippen LogP contribution is -2.08. The van der Waals surface area contributed by atoms with Crippen molar-refractivity contribution < 1.29 is 9.53 Å². The van der Waals surface area contributed by atoms with Gasteiger partial charge in [0.2, 0.25) is 0 Å². The van der Waals surface area contributed by atoms with Crippen LogP contribution in [0.25, 0.3) is 0 Å². The number of nitrogen functional groups attached to an aromatic ring is 1. The van der Waals surface area contributed by atoms with Gasteiger partial charge >= 0.3 is 5.97 Å². The van der Waals surface area contributed by atoms with Crippen LogP contribution < -0.4 is 5.73 Å². The molecule has 15 heavy (non-hydrogen) atoms. The van der Waals surface area contributed by atoms with E-state index in [1.165, 1.54) is 0 Å². The molecule has 4 heteroatoms. The number of rotatable bonds is 3. The number of ether oxygens (including phenoxy) is 1. The molecule has 3 nitrogen and oxygen atoms in total. The molecule has 0 aliphatic carbocycles. The Morgan fingerprint density at radius 3 is 2.73 bits per heavy atom. The molecule has 0 fully saturated rings. The average molecular weight is 228 g/mol. The van der Waals surface area contributed by atoms with Gasteiger partial charge in [0.1, 0.15) is 0 Å². The molecule has 1 aromatic rings. The maximum Gasteiger partial charge on any atom is 0.310 e. The summed E-state index contributed by atoms with van der Waals surface area (Å²) in [4.78, 5) is 11.2. The third kappa shape index (κ3) is 3.13. The van der Waals surface area contributed by atoms with Gasteiger partial charge in [-0.15, -0.1) is 0 Å². The highest BCUT2D eigenvalue weighted by atomic mass is 35.5. The minimum atomic E-state index is -0.252. The standard InChI is InChI=1S/C11H14ClNO2/c1-3-15-10(14)6-8-4-7(2)11(13)9(12)5-8/h4-5H,3,6,13H2,1-2H3. The lowest BCUT2D eigenvalue weighted by atomic mass is 10.1. The smallest absolute Gasteiger partial charge is 0.310 e. The van der Waals surface area contributed by atoms with Gasteiger partial charge in [-0.1, -0.05) is 17.7 Å². The predicted molar refractivity (Wildman–Crippen MR) is 60.9 cm³/mol. The lowest BCUT2D eigenvalue weighted by molar-refractivity contribution is -0.142. The van der Waals surface area contributed by atoms with Crippen LogP contribution in [0.2, 0.25) is 5.02 Å². The number of benzene rings is 1. The van der Waals surface area contributed by atoms with Crippen molar-refractivity contribution in [2.24, 2.45) is 0 Å². The maximum atomic E-state index is 11.2. The molecular weight excluding hydrogens is 214 g/mol. The van der Waals surface area contributed by atoms with E-state index >= 15 is 0 Å². The van der Waals surface area contributed by atoms with Gasteiger partial charge in [-0.25, -0.2) is 0 Å². The topological polar surface area (TPSA) is 52.3 Å². The predicted octanol–water partition coefficient (Wildman–Crippen LogP) is 2.34. The molecule has 0 aliphatic heterocycles. The summed E-state index contributed by atoms with van der Waals surface area (Å²) in [6.07, 6.45) is 0.231. The highest BCUT2D eigenvalue weighted by molar-refractivity contribution is 6.33. The summed E-state index contributed by atoms with van der Waals surface area (Å²) in [5, 5.41) is 0.481. The molecule has 0 heterocycles. The zero-order valence-electron chi connectivity index (χ0n) is 8.84. The van der Waals surface area contributed by atoms with Crippen molar-refractivity contribution in [1.29, 1.82) is 0 Å². The largest absolute Gasteiger partial charge is 0.466 e. The van der Waals surface area contributed by atoms with Crippen LogP contribution in [0.5, 0.6) is 0 Å². The number of anilines is 1. The number of carbonyl (C=O) groups is 1. The van der Waals surface area contributed by atoms with Crippen molar-refractivity contribution >= 4 is 23.3 Å². The van der Waals surface area contributed by atoms with Gasteiger partial charge in [0.15, 0.2) is 0 Å². The first-order valence-electron chi connectivity index (χ1n) is 4.74. The minimum Gasteiger partial charge on any atom is -0.466 e. The third-order valence-electron chi connectivity index (χ3n) is 2.05. The Kier molecular flexibility index (Phi) is 3.97. The SMILES string of the molecule is CCOC(=O)Cc1cc(C)c(N)c(Cl)c1. The summed E-state index contributed by atoms with van der Waals surface area (Å²) in [5.74, 6) is -0.252. The average Bonchev–Trinajstić information content (AvgIpc) is 2.14. The second-order valence-electron chi connectivity index (χ2n) is 3.29. The Balaban J connectivity index is 2.83. The van der Waals surface area contributed by atoms with Crippen molar-refractivity contribution in [2.75, 3.05) is 12.3 Å². The number of hydrogen-bond donors (Lipinski definition) is 1. The number of esters is 1. The van der Waals surface area contributed by atoms with Crippen molar-refractivity contribution in [1.82, 2.24) is 0 Å². The second kappa shape index (κ2) is 5.03. The summed E-state index contributed by atoms with van der Waals surface area (Å²) < 4.78 is 4.84. The Morgan fingerprint density at radius 1 is 1.53 bits per heavy atom. The van der Waals surface area contributed by atoms with Crippen LogP contribution in [0.3, 0.4) is 0 Å². The lowest BCUT2D eigenvalue weighted by Gasteiger charge is -2.07. The molecule has 0 bridgehead atoms. The van der Waals surface area contributed by atoms with Crippen LogP contribution in [0, 0.1) is 6.92 Å². The molecule has 0 atom stereocenters. The second-order valence-corrected chi connectivity index (χ2v) is 3.70. The van der Waals surface area contributed by atoms with Crippen molar-refractivity contribution in [3.05, 3.63) is 28.3 Å². The molecule has 0 spiro atoms. The Bertz CT molecular complexity index is 354. The summed E-state index contributed by atoms with van der Waals surface area (Å²) >= 11 is 5.90. The Labute approximate surface area is 94.2 Å². The molecule has 1 aromatic carbocycles. The molecule has 0 saturated carbocycles. The van der Waals surface area contributed by atoms with Crippen LogP contribution >= 0.6 is 11.6 Å². The molecule has 2 N–H and O–H groups in total. The molecule has 0 saturated heterocycles. The van der Waals surface area contributed by atoms with E-state index in [2.05, 4.69) is 0 Å². The Morgan fingerprint density at radius 2 is 2.20 bits per heavy atom. The van der Waals surface area contributed by atoms with Crippen molar-refractivity contribution in [3.8, 4) is 0 Å². The van der Waals surface area contributed by atoms with Gasteiger partial charge in [0.05, 0.1) is 23.7 Å². The number of nitrogens with two attached hydrogens (primary N) is 1. The summed E-state index contributed by atoms with van der Waals surface area (Å²) in [5.41, 5.74) is 7.95. The van der Waals surface area contributed by atoms with Gasteiger partial charge in [0.25, 0.3) is 0 Å². The fraction of sp³-hybridized carbons (Fsp3) is 0.364. The molecular formula is C11H14ClNO2. The monoisotopic (exact) mass is 227 g/mol. The zero-order valence-corrected chi connectivity index (χ0v) is 9.60. The van der Waals surface area contributed by atoms with Crippen molar-refractivity contribution in [3.63, 3.8) is 0 Å². The number of halogens is 1. The highest BCUT2D eigenvalue weighted by Crippen LogP contribution is 2.24. The van der Waals surface area contributed by atoms with E-state index < -0.39 is 0 Å². The number of hydrogen-bond acceptors (Lipinski definition) is 3. The first-order valence-corrected chi connectivity index (χ1v) is 5.12. The summed E-state index contributed by atoms with van der Waals surface area (Å²) in [6, 6.07) is 3.54. The van der Waals surface area contributed by atoms with Gasteiger partial charge in [-0.2, -0.15) is 0 Å². The number of carbonyl (C=O) groups excluding carboxylic acids is 1. The van der Waals surface area contributed by atoms with E-state index in [0.29, 0.717) is 17.3 Å². The maximum absolute atomic E-state index is 11.2. The molecule has 0 amide bonds. The summed E-state index contributed by atoms with van der Waals surface area (Å²) in [7, 11) is 0. The number of aryl methyl sites for hydroxylation is 1. The highest BCUT2D eigenvalue weighted by Gasteiger charge is 2.07. The van der Waals surface area contributed by atoms with Gasteiger partial charge < -0.3 is 10.5 Å². The first-order chi connectivity index (χ1) is 7.04. The quantitative estimate of drug-likeness (QED) is 0.637. The molecule has 0 unspecified atom stereocenters. The van der Waals surface area contributed by atoms with Crippen LogP contribution in [-0.4, -0.2) is 12.6 Å². The van der Waals surface area contributed by atoms with Crippen LogP contribution in [0.4, 0.5) is 5.69 Å². The molecule has 1 rings (SSSR count). The van der Waals surface area contributed by atoms with Crippen LogP contribution in [0.1, 0.15) is 18.1 Å². The Hall–Kier alpha value is -1.22.